The number of amides is 1. The van der Waals surface area contributed by atoms with Gasteiger partial charge < -0.3 is 19.2 Å². The Balaban J connectivity index is 1.47. The van der Waals surface area contributed by atoms with E-state index in [1.165, 1.54) is 16.1 Å². The lowest BCUT2D eigenvalue weighted by Crippen LogP contribution is -2.28. The second-order valence-corrected chi connectivity index (χ2v) is 13.2. The number of hydrogen-bond donors (Lipinski definition) is 1. The third-order valence-electron chi connectivity index (χ3n) is 8.12. The number of furan rings is 1. The number of thiophene rings is 1. The van der Waals surface area contributed by atoms with E-state index in [2.05, 4.69) is 79.7 Å². The van der Waals surface area contributed by atoms with Crippen LogP contribution in [-0.4, -0.2) is 30.8 Å². The van der Waals surface area contributed by atoms with Crippen LogP contribution >= 0.6 is 11.3 Å². The highest BCUT2D eigenvalue weighted by Crippen LogP contribution is 2.45. The van der Waals surface area contributed by atoms with Crippen molar-refractivity contribution in [2.45, 2.75) is 60.4 Å². The fourth-order valence-electron chi connectivity index (χ4n) is 5.65. The van der Waals surface area contributed by atoms with Crippen LogP contribution < -0.4 is 10.2 Å². The van der Waals surface area contributed by atoms with E-state index in [0.29, 0.717) is 12.5 Å². The molecule has 0 radical (unpaired) electrons. The van der Waals surface area contributed by atoms with Gasteiger partial charge in [-0.3, -0.25) is 4.79 Å². The molecule has 7 heteroatoms. The number of carbonyl (C=O) groups excluding carboxylic acids is 1. The highest BCUT2D eigenvalue weighted by molar-refractivity contribution is 7.16. The maximum Gasteiger partial charge on any atom is 0.255 e. The zero-order valence-corrected chi connectivity index (χ0v) is 25.5. The molecule has 3 heterocycles. The Kier molecular flexibility index (Phi) is 7.78. The largest absolute Gasteiger partial charge is 0.467 e. The third kappa shape index (κ3) is 5.66. The minimum atomic E-state index is -0.0817. The second-order valence-electron chi connectivity index (χ2n) is 12.1. The van der Waals surface area contributed by atoms with E-state index in [1.807, 2.05) is 32.4 Å². The van der Waals surface area contributed by atoms with Crippen molar-refractivity contribution >= 4 is 34.1 Å². The van der Waals surface area contributed by atoms with Gasteiger partial charge in [0.15, 0.2) is 0 Å². The number of nitrogens with one attached hydrogen (secondary N) is 1. The molecule has 5 rings (SSSR count). The lowest BCUT2D eigenvalue weighted by atomic mass is 9.72. The van der Waals surface area contributed by atoms with Crippen LogP contribution in [0.25, 0.3) is 5.69 Å². The lowest BCUT2D eigenvalue weighted by Gasteiger charge is -2.33. The van der Waals surface area contributed by atoms with Gasteiger partial charge >= 0.3 is 0 Å². The molecular formula is C33H40N4O2S. The molecule has 1 atom stereocenters. The molecule has 1 aliphatic rings. The van der Waals surface area contributed by atoms with Crippen molar-refractivity contribution in [2.24, 2.45) is 16.3 Å². The van der Waals surface area contributed by atoms with Gasteiger partial charge in [0.05, 0.1) is 18.4 Å². The molecule has 3 aromatic heterocycles. The van der Waals surface area contributed by atoms with Crippen molar-refractivity contribution < 1.29 is 9.21 Å². The molecule has 6 nitrogen and oxygen atoms in total. The molecule has 0 saturated carbocycles. The molecule has 4 aromatic rings. The lowest BCUT2D eigenvalue weighted by molar-refractivity contribution is 0.0947. The van der Waals surface area contributed by atoms with Gasteiger partial charge in [0.1, 0.15) is 10.8 Å². The summed E-state index contributed by atoms with van der Waals surface area (Å²) in [6.07, 6.45) is 6.54. The predicted octanol–water partition coefficient (Wildman–Crippen LogP) is 7.65. The van der Waals surface area contributed by atoms with Crippen LogP contribution in [0.1, 0.15) is 70.7 Å². The molecule has 0 bridgehead atoms. The van der Waals surface area contributed by atoms with Gasteiger partial charge in [-0.25, -0.2) is 4.99 Å². The van der Waals surface area contributed by atoms with Crippen LogP contribution in [-0.2, 0) is 19.4 Å². The molecule has 0 spiro atoms. The van der Waals surface area contributed by atoms with Crippen LogP contribution in [0.3, 0.4) is 0 Å². The van der Waals surface area contributed by atoms with Gasteiger partial charge in [0.2, 0.25) is 0 Å². The average molecular weight is 557 g/mol. The van der Waals surface area contributed by atoms with Gasteiger partial charge in [-0.15, -0.1) is 11.3 Å². The second kappa shape index (κ2) is 11.1. The molecule has 0 unspecified atom stereocenters. The summed E-state index contributed by atoms with van der Waals surface area (Å²) in [5.41, 5.74) is 7.73. The van der Waals surface area contributed by atoms with E-state index >= 15 is 0 Å². The molecule has 0 saturated heterocycles. The molecule has 1 aliphatic carbocycles. The van der Waals surface area contributed by atoms with Crippen LogP contribution in [0, 0.1) is 25.2 Å². The van der Waals surface area contributed by atoms with E-state index in [0.717, 1.165) is 58.2 Å². The summed E-state index contributed by atoms with van der Waals surface area (Å²) in [4.78, 5) is 21.9. The fourth-order valence-corrected chi connectivity index (χ4v) is 6.92. The highest BCUT2D eigenvalue weighted by atomic mass is 32.1. The summed E-state index contributed by atoms with van der Waals surface area (Å²) in [6, 6.07) is 14.4. The minimum absolute atomic E-state index is 0.0817. The Morgan fingerprint density at radius 3 is 2.60 bits per heavy atom. The maximum atomic E-state index is 13.5. The van der Waals surface area contributed by atoms with Crippen molar-refractivity contribution in [3.05, 3.63) is 87.4 Å². The zero-order valence-electron chi connectivity index (χ0n) is 24.7. The van der Waals surface area contributed by atoms with Crippen molar-refractivity contribution in [3.8, 4) is 5.69 Å². The number of rotatable bonds is 7. The molecule has 1 amide bonds. The number of carbonyl (C=O) groups is 1. The van der Waals surface area contributed by atoms with E-state index in [1.54, 1.807) is 17.6 Å². The third-order valence-corrected chi connectivity index (χ3v) is 9.28. The maximum absolute atomic E-state index is 13.5. The molecule has 0 fully saturated rings. The van der Waals surface area contributed by atoms with Gasteiger partial charge in [-0.2, -0.15) is 0 Å². The van der Waals surface area contributed by atoms with Crippen LogP contribution in [0.4, 0.5) is 10.7 Å². The quantitative estimate of drug-likeness (QED) is 0.238. The highest BCUT2D eigenvalue weighted by Gasteiger charge is 2.33. The van der Waals surface area contributed by atoms with Crippen LogP contribution in [0.15, 0.2) is 58.1 Å². The predicted molar refractivity (Wildman–Crippen MR) is 166 cm³/mol. The Morgan fingerprint density at radius 2 is 1.95 bits per heavy atom. The molecule has 0 aliphatic heterocycles. The smallest absolute Gasteiger partial charge is 0.255 e. The Bertz CT molecular complexity index is 1520. The molecular weight excluding hydrogens is 516 g/mol. The first-order valence-electron chi connectivity index (χ1n) is 14.0. The number of aliphatic imine (C=N–C) groups is 1. The van der Waals surface area contributed by atoms with E-state index < -0.39 is 0 Å². The first kappa shape index (κ1) is 28.0. The van der Waals surface area contributed by atoms with E-state index in [-0.39, 0.29) is 11.3 Å². The molecule has 210 valence electrons. The van der Waals surface area contributed by atoms with E-state index in [4.69, 9.17) is 9.41 Å². The molecule has 1 N–H and O–H groups in total. The number of hydrogen-bond acceptors (Lipinski definition) is 5. The molecule has 40 heavy (non-hydrogen) atoms. The normalized spacial score (nSPS) is 15.4. The zero-order chi connectivity index (χ0) is 28.6. The number of aryl methyl sites for hydroxylation is 1. The Labute approximate surface area is 241 Å². The van der Waals surface area contributed by atoms with Crippen molar-refractivity contribution in [1.82, 2.24) is 9.88 Å². The summed E-state index contributed by atoms with van der Waals surface area (Å²) in [6.45, 7) is 11.5. The van der Waals surface area contributed by atoms with Crippen molar-refractivity contribution in [1.29, 1.82) is 0 Å². The first-order valence-corrected chi connectivity index (χ1v) is 14.8. The molecule has 1 aromatic carbocycles. The first-order chi connectivity index (χ1) is 19.0. The number of benzene rings is 1. The van der Waals surface area contributed by atoms with E-state index in [9.17, 15) is 4.79 Å². The summed E-state index contributed by atoms with van der Waals surface area (Å²) in [5.74, 6) is 1.25. The number of nitrogens with zero attached hydrogens (tertiary/aromatic N) is 3. The standard InChI is InChI=1S/C33H40N4O2S/c1-21-17-23(22(2)37(21)26-13-11-25(12-14-26)36(6)7)19-35-32-30(31(38)34-20-27-9-8-16-39-27)28-15-10-24(33(3,4)5)18-29(28)40-32/h8-9,11-14,16-17,19,24H,10,15,18,20H2,1-7H3,(H,34,38)/t24-/m1/s1. The SMILES string of the molecule is Cc1cc(C=Nc2sc3c(c2C(=O)NCc2ccco2)CC[C@@H](C(C)(C)C)C3)c(C)n1-c1ccc(N(C)C)cc1. The summed E-state index contributed by atoms with van der Waals surface area (Å²) < 4.78 is 7.69. The number of anilines is 1. The number of fused-ring (bicyclic) bond motifs is 1. The number of aromatic nitrogens is 1. The summed E-state index contributed by atoms with van der Waals surface area (Å²) in [7, 11) is 4.10. The summed E-state index contributed by atoms with van der Waals surface area (Å²) in [5, 5.41) is 3.86. The van der Waals surface area contributed by atoms with Gasteiger partial charge in [-0.1, -0.05) is 20.8 Å². The Morgan fingerprint density at radius 1 is 1.20 bits per heavy atom. The van der Waals surface area contributed by atoms with Crippen LogP contribution in [0.5, 0.6) is 0 Å². The van der Waals surface area contributed by atoms with Crippen molar-refractivity contribution in [2.75, 3.05) is 19.0 Å². The van der Waals surface area contributed by atoms with Gasteiger partial charge in [0, 0.05) is 53.5 Å². The van der Waals surface area contributed by atoms with Gasteiger partial charge in [0.25, 0.3) is 5.91 Å². The van der Waals surface area contributed by atoms with Crippen LogP contribution in [0.2, 0.25) is 0 Å². The monoisotopic (exact) mass is 556 g/mol. The topological polar surface area (TPSA) is 62.8 Å². The van der Waals surface area contributed by atoms with Gasteiger partial charge in [-0.05, 0) is 92.5 Å². The minimum Gasteiger partial charge on any atom is -0.467 e. The fraction of sp³-hybridized carbons (Fsp3) is 0.394. The Hall–Kier alpha value is -3.58. The average Bonchev–Trinajstić information content (AvgIpc) is 3.62. The summed E-state index contributed by atoms with van der Waals surface area (Å²) >= 11 is 1.68. The van der Waals surface area contributed by atoms with Crippen molar-refractivity contribution in [3.63, 3.8) is 0 Å².